The molecule has 5 nitrogen and oxygen atoms in total. The Bertz CT molecular complexity index is 336. The van der Waals surface area contributed by atoms with Crippen molar-refractivity contribution in [3.05, 3.63) is 0 Å². The molecule has 1 aliphatic rings. The summed E-state index contributed by atoms with van der Waals surface area (Å²) in [5, 5.41) is 2.52. The molecule has 0 aromatic carbocycles. The molecule has 5 heteroatoms. The lowest BCUT2D eigenvalue weighted by atomic mass is 9.86. The molecule has 100 valence electrons. The van der Waals surface area contributed by atoms with Crippen LogP contribution in [0, 0.1) is 18.3 Å². The maximum Gasteiger partial charge on any atom is 0.328 e. The number of hydrogen-bond acceptors (Lipinski definition) is 4. The van der Waals surface area contributed by atoms with Gasteiger partial charge in [-0.3, -0.25) is 4.79 Å². The highest BCUT2D eigenvalue weighted by Gasteiger charge is 2.36. The number of carbonyl (C=O) groups is 2. The van der Waals surface area contributed by atoms with E-state index >= 15 is 0 Å². The predicted octanol–water partition coefficient (Wildman–Crippen LogP) is 0.481. The van der Waals surface area contributed by atoms with Crippen LogP contribution in [0.4, 0.5) is 0 Å². The molecule has 1 amide bonds. The van der Waals surface area contributed by atoms with E-state index in [2.05, 4.69) is 11.2 Å². The van der Waals surface area contributed by atoms with Crippen LogP contribution in [0.5, 0.6) is 0 Å². The van der Waals surface area contributed by atoms with Crippen LogP contribution in [0.1, 0.15) is 26.7 Å². The normalized spacial score (nSPS) is 28.8. The highest BCUT2D eigenvalue weighted by Crippen LogP contribution is 2.27. The van der Waals surface area contributed by atoms with Crippen molar-refractivity contribution in [2.45, 2.75) is 44.9 Å². The summed E-state index contributed by atoms with van der Waals surface area (Å²) >= 11 is 0. The van der Waals surface area contributed by atoms with Gasteiger partial charge in [-0.1, -0.05) is 5.92 Å². The predicted molar refractivity (Wildman–Crippen MR) is 65.5 cm³/mol. The number of hydrogen-bond donors (Lipinski definition) is 1. The highest BCUT2D eigenvalue weighted by molar-refractivity contribution is 5.78. The van der Waals surface area contributed by atoms with Gasteiger partial charge < -0.3 is 14.8 Å². The van der Waals surface area contributed by atoms with Crippen molar-refractivity contribution in [2.24, 2.45) is 5.92 Å². The van der Waals surface area contributed by atoms with Crippen LogP contribution in [0.15, 0.2) is 0 Å². The van der Waals surface area contributed by atoms with Gasteiger partial charge in [0.25, 0.3) is 0 Å². The standard InChI is InChI=1S/C13H19NO4/c1-4-11-7-10(6-9(3)18-11)12(14-8-15)13(16)17-5-2/h1,8-12H,5-7H2,2-3H3,(H,14,15)/t9-,10?,11-,12+/m1/s1. The summed E-state index contributed by atoms with van der Waals surface area (Å²) in [7, 11) is 0. The fraction of sp³-hybridized carbons (Fsp3) is 0.692. The maximum atomic E-state index is 11.8. The monoisotopic (exact) mass is 253 g/mol. The van der Waals surface area contributed by atoms with E-state index in [0.717, 1.165) is 0 Å². The van der Waals surface area contributed by atoms with E-state index in [9.17, 15) is 9.59 Å². The third-order valence-electron chi connectivity index (χ3n) is 2.99. The van der Waals surface area contributed by atoms with Gasteiger partial charge in [-0.15, -0.1) is 6.42 Å². The van der Waals surface area contributed by atoms with Crippen molar-refractivity contribution in [1.29, 1.82) is 0 Å². The lowest BCUT2D eigenvalue weighted by molar-refractivity contribution is -0.150. The van der Waals surface area contributed by atoms with Crippen LogP contribution in [0.2, 0.25) is 0 Å². The molecule has 1 unspecified atom stereocenters. The first kappa shape index (κ1) is 14.5. The number of rotatable bonds is 5. The first-order valence-electron chi connectivity index (χ1n) is 6.10. The minimum absolute atomic E-state index is 0.0322. The number of nitrogens with one attached hydrogen (secondary N) is 1. The number of carbonyl (C=O) groups excluding carboxylic acids is 2. The maximum absolute atomic E-state index is 11.8. The zero-order valence-electron chi connectivity index (χ0n) is 10.7. The van der Waals surface area contributed by atoms with Gasteiger partial charge in [0.2, 0.25) is 6.41 Å². The summed E-state index contributed by atoms with van der Waals surface area (Å²) in [5.41, 5.74) is 0. The summed E-state index contributed by atoms with van der Waals surface area (Å²) in [6.45, 7) is 3.92. The van der Waals surface area contributed by atoms with E-state index in [0.29, 0.717) is 19.3 Å². The Kier molecular flexibility index (Phi) is 5.66. The summed E-state index contributed by atoms with van der Waals surface area (Å²) in [6.07, 6.45) is 6.74. The zero-order chi connectivity index (χ0) is 13.5. The molecule has 0 bridgehead atoms. The van der Waals surface area contributed by atoms with Gasteiger partial charge in [-0.25, -0.2) is 4.79 Å². The molecule has 0 spiro atoms. The smallest absolute Gasteiger partial charge is 0.328 e. The Morgan fingerprint density at radius 1 is 1.67 bits per heavy atom. The Morgan fingerprint density at radius 2 is 2.39 bits per heavy atom. The van der Waals surface area contributed by atoms with Crippen molar-refractivity contribution >= 4 is 12.4 Å². The molecule has 0 aromatic heterocycles. The van der Waals surface area contributed by atoms with Gasteiger partial charge in [-0.2, -0.15) is 0 Å². The molecule has 1 aliphatic heterocycles. The van der Waals surface area contributed by atoms with E-state index in [1.807, 2.05) is 6.92 Å². The van der Waals surface area contributed by atoms with Crippen molar-refractivity contribution < 1.29 is 19.1 Å². The van der Waals surface area contributed by atoms with Gasteiger partial charge in [0.1, 0.15) is 12.1 Å². The SMILES string of the molecule is C#C[C@@H]1CC([C@H](NC=O)C(=O)OCC)C[C@@H](C)O1. The number of terminal acetylenes is 1. The number of esters is 1. The van der Waals surface area contributed by atoms with Gasteiger partial charge in [-0.05, 0) is 32.6 Å². The van der Waals surface area contributed by atoms with Crippen LogP contribution in [-0.4, -0.2) is 37.2 Å². The van der Waals surface area contributed by atoms with Gasteiger partial charge in [0.15, 0.2) is 0 Å². The lowest BCUT2D eigenvalue weighted by Crippen LogP contribution is -2.47. The average molecular weight is 253 g/mol. The molecule has 0 aromatic rings. The number of ether oxygens (including phenoxy) is 2. The van der Waals surface area contributed by atoms with E-state index in [1.165, 1.54) is 0 Å². The molecule has 1 heterocycles. The quantitative estimate of drug-likeness (QED) is 0.440. The van der Waals surface area contributed by atoms with Gasteiger partial charge in [0.05, 0.1) is 12.7 Å². The van der Waals surface area contributed by atoms with Crippen LogP contribution in [0.3, 0.4) is 0 Å². The van der Waals surface area contributed by atoms with E-state index < -0.39 is 12.0 Å². The molecule has 4 atom stereocenters. The van der Waals surface area contributed by atoms with Crippen molar-refractivity contribution in [3.63, 3.8) is 0 Å². The third kappa shape index (κ3) is 3.74. The van der Waals surface area contributed by atoms with E-state index in [1.54, 1.807) is 6.92 Å². The Balaban J connectivity index is 2.75. The summed E-state index contributed by atoms with van der Waals surface area (Å²) in [5.74, 6) is 2.07. The second-order valence-electron chi connectivity index (χ2n) is 4.35. The first-order chi connectivity index (χ1) is 8.62. The summed E-state index contributed by atoms with van der Waals surface area (Å²) in [4.78, 5) is 22.4. The highest BCUT2D eigenvalue weighted by atomic mass is 16.5. The van der Waals surface area contributed by atoms with Crippen molar-refractivity contribution in [3.8, 4) is 12.3 Å². The summed E-state index contributed by atoms with van der Waals surface area (Å²) < 4.78 is 10.5. The molecule has 1 rings (SSSR count). The molecular weight excluding hydrogens is 234 g/mol. The van der Waals surface area contributed by atoms with Crippen LogP contribution in [-0.2, 0) is 19.1 Å². The molecule has 0 aliphatic carbocycles. The fourth-order valence-electron chi connectivity index (χ4n) is 2.27. The molecule has 18 heavy (non-hydrogen) atoms. The van der Waals surface area contributed by atoms with Gasteiger partial charge >= 0.3 is 5.97 Å². The topological polar surface area (TPSA) is 64.6 Å². The second kappa shape index (κ2) is 7.02. The Morgan fingerprint density at radius 3 is 2.94 bits per heavy atom. The van der Waals surface area contributed by atoms with Gasteiger partial charge in [0, 0.05) is 0 Å². The molecule has 1 N–H and O–H groups in total. The van der Waals surface area contributed by atoms with E-state index in [-0.39, 0.29) is 24.7 Å². The Labute approximate surface area is 107 Å². The molecular formula is C13H19NO4. The first-order valence-corrected chi connectivity index (χ1v) is 6.10. The summed E-state index contributed by atoms with van der Waals surface area (Å²) in [6, 6.07) is -0.648. The minimum Gasteiger partial charge on any atom is -0.464 e. The fourth-order valence-corrected chi connectivity index (χ4v) is 2.27. The van der Waals surface area contributed by atoms with Crippen LogP contribution >= 0.6 is 0 Å². The molecule has 1 saturated heterocycles. The van der Waals surface area contributed by atoms with Crippen LogP contribution < -0.4 is 5.32 Å². The molecule has 0 radical (unpaired) electrons. The zero-order valence-corrected chi connectivity index (χ0v) is 10.7. The lowest BCUT2D eigenvalue weighted by Gasteiger charge is -2.34. The van der Waals surface area contributed by atoms with Crippen LogP contribution in [0.25, 0.3) is 0 Å². The van der Waals surface area contributed by atoms with Crippen molar-refractivity contribution in [1.82, 2.24) is 5.32 Å². The molecule has 1 fully saturated rings. The average Bonchev–Trinajstić information content (AvgIpc) is 2.35. The number of amides is 1. The van der Waals surface area contributed by atoms with Crippen molar-refractivity contribution in [2.75, 3.05) is 6.61 Å². The second-order valence-corrected chi connectivity index (χ2v) is 4.35. The Hall–Kier alpha value is -1.54. The molecule has 0 saturated carbocycles. The van der Waals surface area contributed by atoms with E-state index in [4.69, 9.17) is 15.9 Å². The third-order valence-corrected chi connectivity index (χ3v) is 2.99. The minimum atomic E-state index is -0.648. The largest absolute Gasteiger partial charge is 0.464 e.